The van der Waals surface area contributed by atoms with Crippen LogP contribution in [0.15, 0.2) is 59.2 Å². The van der Waals surface area contributed by atoms with Crippen molar-refractivity contribution in [3.8, 4) is 11.3 Å². The molecule has 1 aromatic carbocycles. The number of rotatable bonds is 7. The van der Waals surface area contributed by atoms with Crippen molar-refractivity contribution in [1.82, 2.24) is 26.4 Å². The van der Waals surface area contributed by atoms with Gasteiger partial charge in [0.05, 0.1) is 12.0 Å². The van der Waals surface area contributed by atoms with Crippen molar-refractivity contribution in [2.45, 2.75) is 12.8 Å². The molecule has 9 heteroatoms. The molecule has 3 amide bonds. The van der Waals surface area contributed by atoms with Crippen molar-refractivity contribution in [2.75, 3.05) is 6.54 Å². The first kappa shape index (κ1) is 18.9. The molecule has 0 atom stereocenters. The number of nitrogens with zero attached hydrogens (tertiary/aromatic N) is 1. The van der Waals surface area contributed by atoms with Gasteiger partial charge in [-0.05, 0) is 24.6 Å². The summed E-state index contributed by atoms with van der Waals surface area (Å²) in [6.45, 7) is 0.307. The zero-order chi connectivity index (χ0) is 19.8. The Hall–Kier alpha value is -3.88. The van der Waals surface area contributed by atoms with Crippen molar-refractivity contribution < 1.29 is 18.8 Å². The number of hydrogen-bond donors (Lipinski definition) is 4. The summed E-state index contributed by atoms with van der Waals surface area (Å²) in [7, 11) is 0. The van der Waals surface area contributed by atoms with E-state index >= 15 is 0 Å². The van der Waals surface area contributed by atoms with Crippen LogP contribution in [0.5, 0.6) is 0 Å². The number of hydrogen-bond acceptors (Lipinski definition) is 5. The van der Waals surface area contributed by atoms with E-state index in [0.29, 0.717) is 18.7 Å². The highest BCUT2D eigenvalue weighted by Crippen LogP contribution is 2.16. The van der Waals surface area contributed by atoms with Gasteiger partial charge in [0.1, 0.15) is 5.69 Å². The molecule has 0 saturated carbocycles. The first-order chi connectivity index (χ1) is 13.6. The van der Waals surface area contributed by atoms with Crippen molar-refractivity contribution >= 4 is 17.7 Å². The highest BCUT2D eigenvalue weighted by molar-refractivity contribution is 5.94. The van der Waals surface area contributed by atoms with Gasteiger partial charge in [0.2, 0.25) is 5.91 Å². The third-order valence-electron chi connectivity index (χ3n) is 3.82. The standard InChI is InChI=1S/C19H19N5O4/c25-17(9-4-10-20-19(27)16-8-5-11-28-16)23-24-18(26)15-12-14(21-22-15)13-6-2-1-3-7-13/h1-3,5-8,11-12H,4,9-10H2,(H,20,27)(H,21,22)(H,23,25)(H,24,26). The maximum atomic E-state index is 12.1. The highest BCUT2D eigenvalue weighted by atomic mass is 16.3. The molecule has 2 heterocycles. The molecule has 0 saturated heterocycles. The molecule has 0 spiro atoms. The highest BCUT2D eigenvalue weighted by Gasteiger charge is 2.12. The van der Waals surface area contributed by atoms with E-state index < -0.39 is 5.91 Å². The fourth-order valence-corrected chi connectivity index (χ4v) is 2.40. The second-order valence-corrected chi connectivity index (χ2v) is 5.87. The first-order valence-corrected chi connectivity index (χ1v) is 8.65. The number of hydrazine groups is 1. The van der Waals surface area contributed by atoms with Gasteiger partial charge in [-0.2, -0.15) is 5.10 Å². The second-order valence-electron chi connectivity index (χ2n) is 5.87. The fourth-order valence-electron chi connectivity index (χ4n) is 2.40. The summed E-state index contributed by atoms with van der Waals surface area (Å²) in [6, 6.07) is 14.2. The monoisotopic (exact) mass is 381 g/mol. The van der Waals surface area contributed by atoms with Gasteiger partial charge in [0.15, 0.2) is 5.76 Å². The first-order valence-electron chi connectivity index (χ1n) is 8.65. The molecule has 0 aliphatic carbocycles. The maximum absolute atomic E-state index is 12.1. The SMILES string of the molecule is O=C(CCCNC(=O)c1ccco1)NNC(=O)c1cc(-c2ccccc2)n[nH]1. The molecule has 4 N–H and O–H groups in total. The lowest BCUT2D eigenvalue weighted by Gasteiger charge is -2.06. The van der Waals surface area contributed by atoms with Gasteiger partial charge in [-0.1, -0.05) is 30.3 Å². The van der Waals surface area contributed by atoms with Crippen LogP contribution in [0, 0.1) is 0 Å². The molecule has 2 aromatic heterocycles. The Bertz CT molecular complexity index is 934. The summed E-state index contributed by atoms with van der Waals surface area (Å²) in [4.78, 5) is 35.5. The minimum atomic E-state index is -0.505. The number of benzene rings is 1. The molecule has 0 radical (unpaired) electrons. The van der Waals surface area contributed by atoms with Gasteiger partial charge in [0.25, 0.3) is 11.8 Å². The number of carbonyl (C=O) groups is 3. The van der Waals surface area contributed by atoms with E-state index in [0.717, 1.165) is 5.56 Å². The van der Waals surface area contributed by atoms with E-state index in [2.05, 4.69) is 26.4 Å². The van der Waals surface area contributed by atoms with E-state index in [-0.39, 0.29) is 29.7 Å². The van der Waals surface area contributed by atoms with Crippen LogP contribution >= 0.6 is 0 Å². The quantitative estimate of drug-likeness (QED) is 0.365. The van der Waals surface area contributed by atoms with Gasteiger partial charge in [-0.15, -0.1) is 0 Å². The molecule has 0 aliphatic heterocycles. The molecule has 28 heavy (non-hydrogen) atoms. The fraction of sp³-hybridized carbons (Fsp3) is 0.158. The van der Waals surface area contributed by atoms with Gasteiger partial charge in [-0.3, -0.25) is 30.3 Å². The van der Waals surface area contributed by atoms with Crippen LogP contribution in [0.2, 0.25) is 0 Å². The van der Waals surface area contributed by atoms with Gasteiger partial charge < -0.3 is 9.73 Å². The average Bonchev–Trinajstić information content (AvgIpc) is 3.42. The van der Waals surface area contributed by atoms with E-state index in [1.807, 2.05) is 30.3 Å². The van der Waals surface area contributed by atoms with Gasteiger partial charge in [-0.25, -0.2) is 0 Å². The minimum Gasteiger partial charge on any atom is -0.459 e. The van der Waals surface area contributed by atoms with Crippen molar-refractivity contribution in [2.24, 2.45) is 0 Å². The van der Waals surface area contributed by atoms with E-state index in [1.54, 1.807) is 18.2 Å². The molecule has 3 aromatic rings. The topological polar surface area (TPSA) is 129 Å². The Morgan fingerprint density at radius 3 is 2.57 bits per heavy atom. The van der Waals surface area contributed by atoms with Crippen LogP contribution in [0.1, 0.15) is 33.9 Å². The van der Waals surface area contributed by atoms with Crippen molar-refractivity contribution in [1.29, 1.82) is 0 Å². The van der Waals surface area contributed by atoms with Crippen LogP contribution in [-0.4, -0.2) is 34.5 Å². The van der Waals surface area contributed by atoms with Gasteiger partial charge >= 0.3 is 0 Å². The molecule has 144 valence electrons. The third-order valence-corrected chi connectivity index (χ3v) is 3.82. The summed E-state index contributed by atoms with van der Waals surface area (Å²) in [5.41, 5.74) is 6.38. The number of carbonyl (C=O) groups excluding carboxylic acids is 3. The summed E-state index contributed by atoms with van der Waals surface area (Å²) in [5, 5.41) is 9.36. The van der Waals surface area contributed by atoms with Crippen LogP contribution < -0.4 is 16.2 Å². The predicted molar refractivity (Wildman–Crippen MR) is 99.9 cm³/mol. The maximum Gasteiger partial charge on any atom is 0.287 e. The molecule has 9 nitrogen and oxygen atoms in total. The lowest BCUT2D eigenvalue weighted by molar-refractivity contribution is -0.121. The molecular formula is C19H19N5O4. The van der Waals surface area contributed by atoms with E-state index in [4.69, 9.17) is 4.42 Å². The lowest BCUT2D eigenvalue weighted by atomic mass is 10.1. The molecule has 0 unspecified atom stereocenters. The zero-order valence-corrected chi connectivity index (χ0v) is 14.9. The number of nitrogens with one attached hydrogen (secondary N) is 4. The Labute approximate surface area is 160 Å². The normalized spacial score (nSPS) is 10.3. The summed E-state index contributed by atoms with van der Waals surface area (Å²) in [6.07, 6.45) is 1.96. The van der Waals surface area contributed by atoms with Crippen molar-refractivity contribution in [3.63, 3.8) is 0 Å². The Kier molecular flexibility index (Phi) is 6.19. The molecule has 3 rings (SSSR count). The number of aromatic amines is 1. The molecule has 0 bridgehead atoms. The summed E-state index contributed by atoms with van der Waals surface area (Å²) < 4.78 is 4.96. The molecule has 0 fully saturated rings. The molecule has 0 aliphatic rings. The third kappa shape index (κ3) is 5.07. The smallest absolute Gasteiger partial charge is 0.287 e. The van der Waals surface area contributed by atoms with Crippen molar-refractivity contribution in [3.05, 3.63) is 66.2 Å². The lowest BCUT2D eigenvalue weighted by Crippen LogP contribution is -2.42. The average molecular weight is 381 g/mol. The Balaban J connectivity index is 1.37. The van der Waals surface area contributed by atoms with Crippen LogP contribution in [0.25, 0.3) is 11.3 Å². The Morgan fingerprint density at radius 2 is 1.82 bits per heavy atom. The van der Waals surface area contributed by atoms with E-state index in [1.165, 1.54) is 6.26 Å². The second kappa shape index (κ2) is 9.17. The van der Waals surface area contributed by atoms with Crippen LogP contribution in [0.3, 0.4) is 0 Å². The predicted octanol–water partition coefficient (Wildman–Crippen LogP) is 1.64. The minimum absolute atomic E-state index is 0.136. The Morgan fingerprint density at radius 1 is 1.00 bits per heavy atom. The molecular weight excluding hydrogens is 362 g/mol. The van der Waals surface area contributed by atoms with Gasteiger partial charge in [0, 0.05) is 18.5 Å². The van der Waals surface area contributed by atoms with Crippen LogP contribution in [-0.2, 0) is 4.79 Å². The van der Waals surface area contributed by atoms with Crippen LogP contribution in [0.4, 0.5) is 0 Å². The number of aromatic nitrogens is 2. The number of furan rings is 1. The summed E-state index contributed by atoms with van der Waals surface area (Å²) in [5.74, 6) is -1.00. The zero-order valence-electron chi connectivity index (χ0n) is 14.9. The number of H-pyrrole nitrogens is 1. The summed E-state index contributed by atoms with van der Waals surface area (Å²) >= 11 is 0. The number of amides is 3. The van der Waals surface area contributed by atoms with E-state index in [9.17, 15) is 14.4 Å². The largest absolute Gasteiger partial charge is 0.459 e.